The molecule has 2 aliphatic rings. The molecule has 2 amide bonds. The van der Waals surface area contributed by atoms with Gasteiger partial charge in [-0.3, -0.25) is 9.59 Å². The van der Waals surface area contributed by atoms with Crippen LogP contribution < -0.4 is 10.6 Å². The van der Waals surface area contributed by atoms with Crippen molar-refractivity contribution in [2.45, 2.75) is 165 Å². The standard InChI is InChI=1S/C40H68N2O14/c1-37(2,14-20-53-39(5,6)16-18-51-30-13-12-27(45)28(23-43)55-30)41-34(49)25-10-9-11-26(22-25)35(50)42-38(3,4)15-21-54-40(7,8)17-19-52-36-33(48)32(47)31(46)29(24-44)56-36/h9-11,22,27-33,36,43-48H,12-21,23-24H2,1-8H3,(H,41,49)(H,42,50)/t27?,28-,29?,30?,31-,32?,33?,36+/m1/s1. The molecule has 2 aliphatic heterocycles. The zero-order valence-corrected chi connectivity index (χ0v) is 34.4. The van der Waals surface area contributed by atoms with Gasteiger partial charge < -0.3 is 69.7 Å². The van der Waals surface area contributed by atoms with Crippen molar-refractivity contribution in [1.29, 1.82) is 0 Å². The SMILES string of the molecule is CC(C)(CCOC(C)(C)CCOC1CCC(O)[C@@H](CO)O1)NC(=O)c1cccc(C(=O)NC(C)(C)CCOC(C)(C)CCO[C@H]2OC(CO)[C@@H](O)C(O)C2O)c1. The summed E-state index contributed by atoms with van der Waals surface area (Å²) >= 11 is 0. The fourth-order valence-corrected chi connectivity index (χ4v) is 6.19. The van der Waals surface area contributed by atoms with Gasteiger partial charge in [-0.1, -0.05) is 6.07 Å². The van der Waals surface area contributed by atoms with Gasteiger partial charge in [-0.05, 0) is 106 Å². The molecule has 0 radical (unpaired) electrons. The maximum absolute atomic E-state index is 13.3. The molecule has 8 atom stereocenters. The van der Waals surface area contributed by atoms with Crippen LogP contribution in [-0.2, 0) is 28.4 Å². The summed E-state index contributed by atoms with van der Waals surface area (Å²) in [6, 6.07) is 6.53. The van der Waals surface area contributed by atoms with Crippen LogP contribution in [0.25, 0.3) is 0 Å². The third-order valence-electron chi connectivity index (χ3n) is 10.2. The van der Waals surface area contributed by atoms with E-state index >= 15 is 0 Å². The highest BCUT2D eigenvalue weighted by Gasteiger charge is 2.44. The van der Waals surface area contributed by atoms with Gasteiger partial charge in [0.25, 0.3) is 11.8 Å². The Kier molecular flexibility index (Phi) is 18.1. The molecule has 56 heavy (non-hydrogen) atoms. The van der Waals surface area contributed by atoms with Crippen LogP contribution in [0.3, 0.4) is 0 Å². The predicted molar refractivity (Wildman–Crippen MR) is 205 cm³/mol. The average Bonchev–Trinajstić information content (AvgIpc) is 3.11. The maximum atomic E-state index is 13.3. The number of nitrogens with one attached hydrogen (secondary N) is 2. The molecule has 0 spiro atoms. The molecule has 2 saturated heterocycles. The van der Waals surface area contributed by atoms with Crippen molar-refractivity contribution in [1.82, 2.24) is 10.6 Å². The molecule has 16 nitrogen and oxygen atoms in total. The van der Waals surface area contributed by atoms with Crippen LogP contribution in [0.15, 0.2) is 24.3 Å². The third-order valence-corrected chi connectivity index (χ3v) is 10.2. The zero-order chi connectivity index (χ0) is 41.9. The number of aliphatic hydroxyl groups is 6. The van der Waals surface area contributed by atoms with Crippen molar-refractivity contribution in [2.75, 3.05) is 39.6 Å². The summed E-state index contributed by atoms with van der Waals surface area (Å²) in [5.74, 6) is -0.655. The smallest absolute Gasteiger partial charge is 0.251 e. The lowest BCUT2D eigenvalue weighted by Crippen LogP contribution is -2.59. The number of carbonyl (C=O) groups excluding carboxylic acids is 2. The van der Waals surface area contributed by atoms with E-state index in [1.54, 1.807) is 24.3 Å². The van der Waals surface area contributed by atoms with Crippen molar-refractivity contribution in [3.63, 3.8) is 0 Å². The van der Waals surface area contributed by atoms with E-state index in [1.807, 2.05) is 55.4 Å². The quantitative estimate of drug-likeness (QED) is 0.0832. The van der Waals surface area contributed by atoms with E-state index in [9.17, 15) is 40.2 Å². The molecule has 0 bridgehead atoms. The molecule has 0 aliphatic carbocycles. The van der Waals surface area contributed by atoms with Gasteiger partial charge >= 0.3 is 0 Å². The number of rotatable bonds is 22. The lowest BCUT2D eigenvalue weighted by Gasteiger charge is -2.40. The molecule has 0 aromatic heterocycles. The predicted octanol–water partition coefficient (Wildman–Crippen LogP) is 1.55. The van der Waals surface area contributed by atoms with Gasteiger partial charge in [-0.25, -0.2) is 0 Å². The first-order chi connectivity index (χ1) is 26.1. The molecule has 3 rings (SSSR count). The minimum atomic E-state index is -1.52. The van der Waals surface area contributed by atoms with Gasteiger partial charge in [0.05, 0.1) is 43.7 Å². The van der Waals surface area contributed by atoms with Gasteiger partial charge in [0.2, 0.25) is 0 Å². The number of hydrogen-bond donors (Lipinski definition) is 8. The third kappa shape index (κ3) is 15.5. The fraction of sp³-hybridized carbons (Fsp3) is 0.800. The van der Waals surface area contributed by atoms with Crippen molar-refractivity contribution in [3.8, 4) is 0 Å². The Bertz CT molecular complexity index is 1370. The number of benzene rings is 1. The second-order valence-corrected chi connectivity index (χ2v) is 17.3. The first kappa shape index (κ1) is 48.1. The Morgan fingerprint density at radius 3 is 1.66 bits per heavy atom. The monoisotopic (exact) mass is 800 g/mol. The molecule has 322 valence electrons. The van der Waals surface area contributed by atoms with Crippen molar-refractivity contribution >= 4 is 11.8 Å². The lowest BCUT2D eigenvalue weighted by molar-refractivity contribution is -0.302. The Labute approximate surface area is 331 Å². The van der Waals surface area contributed by atoms with E-state index in [0.29, 0.717) is 69.5 Å². The molecule has 2 fully saturated rings. The molecular formula is C40H68N2O14. The van der Waals surface area contributed by atoms with E-state index in [2.05, 4.69) is 10.6 Å². The van der Waals surface area contributed by atoms with E-state index in [4.69, 9.17) is 28.4 Å². The summed E-state index contributed by atoms with van der Waals surface area (Å²) in [5, 5.41) is 64.8. The van der Waals surface area contributed by atoms with Crippen LogP contribution in [-0.4, -0.2) is 154 Å². The molecule has 1 aromatic rings. The highest BCUT2D eigenvalue weighted by atomic mass is 16.7. The number of ether oxygens (including phenoxy) is 6. The molecule has 2 heterocycles. The highest BCUT2D eigenvalue weighted by molar-refractivity contribution is 6.00. The van der Waals surface area contributed by atoms with Gasteiger partial charge in [-0.15, -0.1) is 0 Å². The van der Waals surface area contributed by atoms with Crippen LogP contribution >= 0.6 is 0 Å². The largest absolute Gasteiger partial charge is 0.394 e. The number of aliphatic hydroxyl groups excluding tert-OH is 6. The van der Waals surface area contributed by atoms with Crippen LogP contribution in [0.2, 0.25) is 0 Å². The Balaban J connectivity index is 1.40. The minimum Gasteiger partial charge on any atom is -0.394 e. The molecule has 1 aromatic carbocycles. The second-order valence-electron chi connectivity index (χ2n) is 17.3. The van der Waals surface area contributed by atoms with E-state index in [0.717, 1.165) is 0 Å². The summed E-state index contributed by atoms with van der Waals surface area (Å²) in [5.41, 5.74) is -1.74. The molecule has 5 unspecified atom stereocenters. The summed E-state index contributed by atoms with van der Waals surface area (Å²) in [6.45, 7) is 15.6. The summed E-state index contributed by atoms with van der Waals surface area (Å²) in [4.78, 5) is 26.6. The van der Waals surface area contributed by atoms with Crippen LogP contribution in [0, 0.1) is 0 Å². The second kappa shape index (κ2) is 21.1. The van der Waals surface area contributed by atoms with Crippen LogP contribution in [0.5, 0.6) is 0 Å². The molecule has 16 heteroatoms. The first-order valence-corrected chi connectivity index (χ1v) is 19.6. The summed E-state index contributed by atoms with van der Waals surface area (Å²) in [6.07, 6.45) is -5.49. The molecule has 8 N–H and O–H groups in total. The van der Waals surface area contributed by atoms with Gasteiger partial charge in [-0.2, -0.15) is 0 Å². The van der Waals surface area contributed by atoms with Crippen molar-refractivity contribution < 1.29 is 68.6 Å². The minimum absolute atomic E-state index is 0.109. The van der Waals surface area contributed by atoms with Crippen molar-refractivity contribution in [2.24, 2.45) is 0 Å². The Morgan fingerprint density at radius 1 is 0.661 bits per heavy atom. The average molecular weight is 801 g/mol. The van der Waals surface area contributed by atoms with Gasteiger partial charge in [0.1, 0.15) is 30.5 Å². The van der Waals surface area contributed by atoms with Crippen LogP contribution in [0.1, 0.15) is 115 Å². The van der Waals surface area contributed by atoms with E-state index in [1.165, 1.54) is 0 Å². The summed E-state index contributed by atoms with van der Waals surface area (Å²) < 4.78 is 34.7. The van der Waals surface area contributed by atoms with Crippen molar-refractivity contribution in [3.05, 3.63) is 35.4 Å². The lowest BCUT2D eigenvalue weighted by atomic mass is 9.98. The van der Waals surface area contributed by atoms with Crippen LogP contribution in [0.4, 0.5) is 0 Å². The molecule has 0 saturated carbocycles. The first-order valence-electron chi connectivity index (χ1n) is 19.6. The maximum Gasteiger partial charge on any atom is 0.251 e. The topological polar surface area (TPSA) is 235 Å². The Morgan fingerprint density at radius 2 is 1.16 bits per heavy atom. The Hall–Kier alpha value is -2.32. The normalized spacial score (nSPS) is 26.5. The van der Waals surface area contributed by atoms with Gasteiger partial charge in [0, 0.05) is 41.8 Å². The van der Waals surface area contributed by atoms with E-state index < -0.39 is 78.1 Å². The number of amides is 2. The fourth-order valence-electron chi connectivity index (χ4n) is 6.19. The van der Waals surface area contributed by atoms with E-state index in [-0.39, 0.29) is 25.0 Å². The number of hydrogen-bond acceptors (Lipinski definition) is 14. The number of carbonyl (C=O) groups is 2. The zero-order valence-electron chi connectivity index (χ0n) is 34.4. The highest BCUT2D eigenvalue weighted by Crippen LogP contribution is 2.25. The van der Waals surface area contributed by atoms with Gasteiger partial charge in [0.15, 0.2) is 12.6 Å². The molecular weight excluding hydrogens is 732 g/mol. The summed E-state index contributed by atoms with van der Waals surface area (Å²) in [7, 11) is 0.